The molecule has 0 radical (unpaired) electrons. The molecule has 0 bridgehead atoms. The Kier molecular flexibility index (Phi) is 6.37. The van der Waals surface area contributed by atoms with Crippen LogP contribution in [0, 0.1) is 10.1 Å². The van der Waals surface area contributed by atoms with Crippen molar-refractivity contribution in [2.24, 2.45) is 0 Å². The summed E-state index contributed by atoms with van der Waals surface area (Å²) in [6.07, 6.45) is 1.64. The predicted octanol–water partition coefficient (Wildman–Crippen LogP) is 5.18. The lowest BCUT2D eigenvalue weighted by atomic mass is 9.87. The van der Waals surface area contributed by atoms with Crippen LogP contribution < -0.4 is 4.74 Å². The van der Waals surface area contributed by atoms with Gasteiger partial charge in [-0.3, -0.25) is 10.1 Å². The molecule has 140 valence electrons. The van der Waals surface area contributed by atoms with Gasteiger partial charge in [0.25, 0.3) is 5.69 Å². The van der Waals surface area contributed by atoms with E-state index in [0.29, 0.717) is 5.75 Å². The summed E-state index contributed by atoms with van der Waals surface area (Å²) < 4.78 is 6.03. The highest BCUT2D eigenvalue weighted by Crippen LogP contribution is 2.31. The fraction of sp³-hybridized carbons (Fsp3) is 0.429. The number of aryl methyl sites for hydroxylation is 1. The van der Waals surface area contributed by atoms with Gasteiger partial charge >= 0.3 is 0 Å². The Bertz CT molecular complexity index is 747. The number of benzene rings is 2. The van der Waals surface area contributed by atoms with E-state index in [1.807, 2.05) is 26.2 Å². The van der Waals surface area contributed by atoms with Crippen molar-refractivity contribution in [2.75, 3.05) is 20.6 Å². The Labute approximate surface area is 155 Å². The molecule has 0 amide bonds. The lowest BCUT2D eigenvalue weighted by molar-refractivity contribution is -0.384. The van der Waals surface area contributed by atoms with Crippen LogP contribution in [-0.4, -0.2) is 30.5 Å². The topological polar surface area (TPSA) is 55.6 Å². The maximum Gasteiger partial charge on any atom is 0.269 e. The SMILES string of the molecule is CN(C)CCCc1cc([N+](=O)[O-])ccc1Oc1ccc(C(C)(C)C)cc1. The average Bonchev–Trinajstić information content (AvgIpc) is 2.55. The molecule has 0 spiro atoms. The minimum Gasteiger partial charge on any atom is -0.457 e. The van der Waals surface area contributed by atoms with E-state index in [0.717, 1.165) is 30.7 Å². The Morgan fingerprint density at radius 3 is 2.27 bits per heavy atom. The van der Waals surface area contributed by atoms with Gasteiger partial charge in [-0.15, -0.1) is 0 Å². The second kappa shape index (κ2) is 8.32. The normalized spacial score (nSPS) is 11.6. The predicted molar refractivity (Wildman–Crippen MR) is 105 cm³/mol. The molecule has 0 atom stereocenters. The molecule has 5 nitrogen and oxygen atoms in total. The first-order valence-corrected chi connectivity index (χ1v) is 8.87. The van der Waals surface area contributed by atoms with E-state index in [1.165, 1.54) is 11.6 Å². The third kappa shape index (κ3) is 5.56. The van der Waals surface area contributed by atoms with Gasteiger partial charge in [-0.25, -0.2) is 0 Å². The monoisotopic (exact) mass is 356 g/mol. The van der Waals surface area contributed by atoms with Crippen LogP contribution in [0.5, 0.6) is 11.5 Å². The lowest BCUT2D eigenvalue weighted by Gasteiger charge is -2.19. The Hall–Kier alpha value is -2.40. The molecule has 5 heteroatoms. The van der Waals surface area contributed by atoms with Crippen LogP contribution in [-0.2, 0) is 11.8 Å². The van der Waals surface area contributed by atoms with Crippen molar-refractivity contribution < 1.29 is 9.66 Å². The largest absolute Gasteiger partial charge is 0.457 e. The summed E-state index contributed by atoms with van der Waals surface area (Å²) >= 11 is 0. The zero-order valence-electron chi connectivity index (χ0n) is 16.3. The van der Waals surface area contributed by atoms with E-state index < -0.39 is 0 Å². The van der Waals surface area contributed by atoms with Gasteiger partial charge in [0.05, 0.1) is 4.92 Å². The number of nitro benzene ring substituents is 1. The number of ether oxygens (including phenoxy) is 1. The van der Waals surface area contributed by atoms with Crippen LogP contribution in [0.25, 0.3) is 0 Å². The quantitative estimate of drug-likeness (QED) is 0.507. The van der Waals surface area contributed by atoms with Crippen LogP contribution >= 0.6 is 0 Å². The smallest absolute Gasteiger partial charge is 0.269 e. The maximum absolute atomic E-state index is 11.1. The van der Waals surface area contributed by atoms with E-state index >= 15 is 0 Å². The van der Waals surface area contributed by atoms with Crippen molar-refractivity contribution in [3.05, 3.63) is 63.7 Å². The molecule has 0 aliphatic carbocycles. The fourth-order valence-corrected chi connectivity index (χ4v) is 2.71. The molecule has 0 aliphatic heterocycles. The van der Waals surface area contributed by atoms with Gasteiger partial charge in [-0.2, -0.15) is 0 Å². The van der Waals surface area contributed by atoms with Crippen molar-refractivity contribution in [1.29, 1.82) is 0 Å². The number of nitrogens with zero attached hydrogens (tertiary/aromatic N) is 2. The van der Waals surface area contributed by atoms with Crippen molar-refractivity contribution in [1.82, 2.24) is 4.90 Å². The summed E-state index contributed by atoms with van der Waals surface area (Å²) in [5.74, 6) is 1.42. The van der Waals surface area contributed by atoms with E-state index in [-0.39, 0.29) is 16.0 Å². The standard InChI is InChI=1S/C21H28N2O3/c1-21(2,3)17-8-11-19(12-9-17)26-20-13-10-18(23(24)25)15-16(20)7-6-14-22(4)5/h8-13,15H,6-7,14H2,1-5H3. The molecular formula is C21H28N2O3. The first-order chi connectivity index (χ1) is 12.2. The van der Waals surface area contributed by atoms with E-state index in [1.54, 1.807) is 12.1 Å². The summed E-state index contributed by atoms with van der Waals surface area (Å²) in [6, 6.07) is 12.8. The molecule has 0 heterocycles. The molecule has 0 N–H and O–H groups in total. The molecule has 0 unspecified atom stereocenters. The van der Waals surface area contributed by atoms with Gasteiger partial charge in [0.1, 0.15) is 11.5 Å². The summed E-state index contributed by atoms with van der Waals surface area (Å²) in [4.78, 5) is 12.8. The highest BCUT2D eigenvalue weighted by atomic mass is 16.6. The molecule has 0 fully saturated rings. The van der Waals surface area contributed by atoms with E-state index in [9.17, 15) is 10.1 Å². The minimum atomic E-state index is -0.364. The van der Waals surface area contributed by atoms with Crippen molar-refractivity contribution in [3.8, 4) is 11.5 Å². The van der Waals surface area contributed by atoms with Crippen LogP contribution in [0.2, 0.25) is 0 Å². The molecule has 0 aliphatic rings. The Morgan fingerprint density at radius 1 is 1.08 bits per heavy atom. The van der Waals surface area contributed by atoms with Crippen LogP contribution in [0.4, 0.5) is 5.69 Å². The van der Waals surface area contributed by atoms with Gasteiger partial charge < -0.3 is 9.64 Å². The van der Waals surface area contributed by atoms with Gasteiger partial charge in [0.15, 0.2) is 0 Å². The highest BCUT2D eigenvalue weighted by molar-refractivity contribution is 5.46. The minimum absolute atomic E-state index is 0.0865. The fourth-order valence-electron chi connectivity index (χ4n) is 2.71. The third-order valence-electron chi connectivity index (χ3n) is 4.25. The second-order valence-corrected chi connectivity index (χ2v) is 7.83. The maximum atomic E-state index is 11.1. The first kappa shape index (κ1) is 19.9. The van der Waals surface area contributed by atoms with Crippen LogP contribution in [0.3, 0.4) is 0 Å². The van der Waals surface area contributed by atoms with Crippen molar-refractivity contribution in [3.63, 3.8) is 0 Å². The molecule has 0 saturated carbocycles. The summed E-state index contributed by atoms with van der Waals surface area (Å²) in [5, 5.41) is 11.1. The number of hydrogen-bond acceptors (Lipinski definition) is 4. The zero-order chi connectivity index (χ0) is 19.3. The van der Waals surface area contributed by atoms with Gasteiger partial charge in [-0.05, 0) is 62.7 Å². The third-order valence-corrected chi connectivity index (χ3v) is 4.25. The summed E-state index contributed by atoms with van der Waals surface area (Å²) in [7, 11) is 4.03. The number of hydrogen-bond donors (Lipinski definition) is 0. The first-order valence-electron chi connectivity index (χ1n) is 8.87. The van der Waals surface area contributed by atoms with Crippen LogP contribution in [0.1, 0.15) is 38.3 Å². The summed E-state index contributed by atoms with van der Waals surface area (Å²) in [5.41, 5.74) is 2.28. The molecule has 0 saturated heterocycles. The van der Waals surface area contributed by atoms with E-state index in [2.05, 4.69) is 37.8 Å². The summed E-state index contributed by atoms with van der Waals surface area (Å²) in [6.45, 7) is 7.43. The van der Waals surface area contributed by atoms with E-state index in [4.69, 9.17) is 4.74 Å². The second-order valence-electron chi connectivity index (χ2n) is 7.83. The molecule has 26 heavy (non-hydrogen) atoms. The zero-order valence-corrected chi connectivity index (χ0v) is 16.3. The molecule has 2 aromatic rings. The van der Waals surface area contributed by atoms with Crippen molar-refractivity contribution in [2.45, 2.75) is 39.0 Å². The van der Waals surface area contributed by atoms with Gasteiger partial charge in [0.2, 0.25) is 0 Å². The highest BCUT2D eigenvalue weighted by Gasteiger charge is 2.15. The molecule has 2 aromatic carbocycles. The number of rotatable bonds is 7. The number of non-ortho nitro benzene ring substituents is 1. The molecule has 2 rings (SSSR count). The Balaban J connectivity index is 2.22. The molecule has 0 aromatic heterocycles. The van der Waals surface area contributed by atoms with Crippen LogP contribution in [0.15, 0.2) is 42.5 Å². The average molecular weight is 356 g/mol. The lowest BCUT2D eigenvalue weighted by Crippen LogP contribution is -2.13. The van der Waals surface area contributed by atoms with Gasteiger partial charge in [-0.1, -0.05) is 32.9 Å². The van der Waals surface area contributed by atoms with Gasteiger partial charge in [0, 0.05) is 17.7 Å². The number of nitro groups is 1. The molecular weight excluding hydrogens is 328 g/mol. The van der Waals surface area contributed by atoms with Crippen molar-refractivity contribution >= 4 is 5.69 Å². The Morgan fingerprint density at radius 2 is 1.73 bits per heavy atom.